The van der Waals surface area contributed by atoms with E-state index in [1.165, 1.54) is 23.9 Å². The highest BCUT2D eigenvalue weighted by Crippen LogP contribution is 2.28. The number of nitrogens with one attached hydrogen (secondary N) is 2. The van der Waals surface area contributed by atoms with Gasteiger partial charge in [0.25, 0.3) is 5.91 Å². The highest BCUT2D eigenvalue weighted by molar-refractivity contribution is 7.15. The third-order valence-corrected chi connectivity index (χ3v) is 5.68. The average Bonchev–Trinajstić information content (AvgIpc) is 3.29. The van der Waals surface area contributed by atoms with Crippen LogP contribution in [-0.2, 0) is 17.8 Å². The molecule has 0 fully saturated rings. The largest absolute Gasteiger partial charge is 0.472 e. The Balaban J connectivity index is 1.35. The zero-order valence-corrected chi connectivity index (χ0v) is 17.1. The van der Waals surface area contributed by atoms with Crippen molar-refractivity contribution in [1.29, 1.82) is 0 Å². The van der Waals surface area contributed by atoms with Gasteiger partial charge in [0.2, 0.25) is 5.91 Å². The maximum absolute atomic E-state index is 12.5. The Bertz CT molecular complexity index is 1020. The molecule has 1 aliphatic rings. The molecule has 150 valence electrons. The molecule has 0 saturated carbocycles. The number of hydrogen-bond donors (Lipinski definition) is 2. The molecule has 3 heterocycles. The molecule has 4 rings (SSSR count). The van der Waals surface area contributed by atoms with E-state index in [9.17, 15) is 9.59 Å². The van der Waals surface area contributed by atoms with Crippen molar-refractivity contribution >= 4 is 34.0 Å². The summed E-state index contributed by atoms with van der Waals surface area (Å²) in [6, 6.07) is 7.63. The van der Waals surface area contributed by atoms with Crippen LogP contribution in [0.4, 0.5) is 10.8 Å². The minimum atomic E-state index is -0.241. The third-order valence-electron chi connectivity index (χ3n) is 4.69. The van der Waals surface area contributed by atoms with Crippen LogP contribution in [0.5, 0.6) is 0 Å². The lowest BCUT2D eigenvalue weighted by Gasteiger charge is -2.25. The van der Waals surface area contributed by atoms with Gasteiger partial charge in [0.15, 0.2) is 5.13 Å². The predicted octanol–water partition coefficient (Wildman–Crippen LogP) is 3.60. The number of aromatic nitrogens is 1. The number of rotatable bonds is 5. The monoisotopic (exact) mass is 410 g/mol. The second-order valence-electron chi connectivity index (χ2n) is 7.24. The summed E-state index contributed by atoms with van der Waals surface area (Å²) in [6.07, 6.45) is 3.62. The molecule has 0 atom stereocenters. The van der Waals surface area contributed by atoms with Gasteiger partial charge >= 0.3 is 0 Å². The molecule has 0 bridgehead atoms. The molecule has 0 saturated heterocycles. The van der Waals surface area contributed by atoms with Crippen molar-refractivity contribution in [1.82, 2.24) is 9.88 Å². The standard InChI is InChI=1S/C21H22N4O3S/c1-13-7-14(2)9-16(8-13)22-19(26)11-25-5-3-17-18(10-25)29-21(23-17)24-20(27)15-4-6-28-12-15/h4,6-9,12H,3,5,10-11H2,1-2H3,(H,22,26)(H,23,24,27). The van der Waals surface area contributed by atoms with Gasteiger partial charge in [-0.15, -0.1) is 11.3 Å². The summed E-state index contributed by atoms with van der Waals surface area (Å²) in [7, 11) is 0. The van der Waals surface area contributed by atoms with Gasteiger partial charge in [0.05, 0.1) is 24.1 Å². The lowest BCUT2D eigenvalue weighted by Crippen LogP contribution is -2.36. The van der Waals surface area contributed by atoms with Crippen LogP contribution in [0.3, 0.4) is 0 Å². The topological polar surface area (TPSA) is 87.5 Å². The Morgan fingerprint density at radius 1 is 1.21 bits per heavy atom. The summed E-state index contributed by atoms with van der Waals surface area (Å²) in [5.41, 5.74) is 4.52. The van der Waals surface area contributed by atoms with Crippen LogP contribution in [0.25, 0.3) is 0 Å². The zero-order chi connectivity index (χ0) is 20.4. The lowest BCUT2D eigenvalue weighted by molar-refractivity contribution is -0.117. The van der Waals surface area contributed by atoms with E-state index in [4.69, 9.17) is 4.42 Å². The molecule has 0 radical (unpaired) electrons. The number of amides is 2. The van der Waals surface area contributed by atoms with Crippen LogP contribution >= 0.6 is 11.3 Å². The summed E-state index contributed by atoms with van der Waals surface area (Å²) < 4.78 is 4.94. The second kappa shape index (κ2) is 8.18. The van der Waals surface area contributed by atoms with Gasteiger partial charge < -0.3 is 9.73 Å². The molecule has 0 aliphatic carbocycles. The van der Waals surface area contributed by atoms with Crippen molar-refractivity contribution < 1.29 is 14.0 Å². The number of aryl methyl sites for hydroxylation is 2. The third kappa shape index (κ3) is 4.72. The molecule has 29 heavy (non-hydrogen) atoms. The van der Waals surface area contributed by atoms with Gasteiger partial charge in [-0.3, -0.25) is 19.8 Å². The molecule has 0 spiro atoms. The first-order chi connectivity index (χ1) is 14.0. The first-order valence-electron chi connectivity index (χ1n) is 9.39. The highest BCUT2D eigenvalue weighted by Gasteiger charge is 2.23. The Morgan fingerprint density at radius 2 is 2.00 bits per heavy atom. The number of carbonyl (C=O) groups is 2. The predicted molar refractivity (Wildman–Crippen MR) is 112 cm³/mol. The summed E-state index contributed by atoms with van der Waals surface area (Å²) in [6.45, 7) is 5.76. The summed E-state index contributed by atoms with van der Waals surface area (Å²) in [5.74, 6) is -0.272. The molecular formula is C21H22N4O3S. The number of carbonyl (C=O) groups excluding carboxylic acids is 2. The van der Waals surface area contributed by atoms with E-state index in [1.807, 2.05) is 26.0 Å². The summed E-state index contributed by atoms with van der Waals surface area (Å²) >= 11 is 1.45. The smallest absolute Gasteiger partial charge is 0.260 e. The van der Waals surface area contributed by atoms with E-state index in [2.05, 4.69) is 26.6 Å². The molecule has 0 unspecified atom stereocenters. The Morgan fingerprint density at radius 3 is 2.72 bits per heavy atom. The summed E-state index contributed by atoms with van der Waals surface area (Å²) in [5, 5.41) is 6.37. The Hall–Kier alpha value is -2.97. The second-order valence-corrected chi connectivity index (χ2v) is 8.32. The van der Waals surface area contributed by atoms with Gasteiger partial charge in [0.1, 0.15) is 6.26 Å². The van der Waals surface area contributed by atoms with Gasteiger partial charge in [-0.2, -0.15) is 0 Å². The number of thiazole rings is 1. The highest BCUT2D eigenvalue weighted by atomic mass is 32.1. The maximum atomic E-state index is 12.5. The Kier molecular flexibility index (Phi) is 5.46. The molecule has 3 aromatic rings. The van der Waals surface area contributed by atoms with Crippen LogP contribution in [-0.4, -0.2) is 34.8 Å². The van der Waals surface area contributed by atoms with Crippen molar-refractivity contribution in [2.75, 3.05) is 23.7 Å². The summed E-state index contributed by atoms with van der Waals surface area (Å²) in [4.78, 5) is 32.3. The molecule has 1 aromatic carbocycles. The van der Waals surface area contributed by atoms with E-state index < -0.39 is 0 Å². The van der Waals surface area contributed by atoms with E-state index >= 15 is 0 Å². The van der Waals surface area contributed by atoms with Gasteiger partial charge in [-0.25, -0.2) is 4.98 Å². The number of furan rings is 1. The molecule has 2 N–H and O–H groups in total. The zero-order valence-electron chi connectivity index (χ0n) is 16.3. The molecule has 8 heteroatoms. The lowest BCUT2D eigenvalue weighted by atomic mass is 10.1. The maximum Gasteiger partial charge on any atom is 0.260 e. The quantitative estimate of drug-likeness (QED) is 0.671. The average molecular weight is 410 g/mol. The fourth-order valence-electron chi connectivity index (χ4n) is 3.45. The minimum absolute atomic E-state index is 0.0311. The van der Waals surface area contributed by atoms with Gasteiger partial charge in [0, 0.05) is 30.1 Å². The van der Waals surface area contributed by atoms with E-state index in [0.717, 1.165) is 40.4 Å². The van der Waals surface area contributed by atoms with Crippen LogP contribution in [0, 0.1) is 13.8 Å². The van der Waals surface area contributed by atoms with Crippen molar-refractivity contribution in [2.45, 2.75) is 26.8 Å². The van der Waals surface area contributed by atoms with Crippen molar-refractivity contribution in [2.24, 2.45) is 0 Å². The van der Waals surface area contributed by atoms with E-state index in [-0.39, 0.29) is 11.8 Å². The first-order valence-corrected chi connectivity index (χ1v) is 10.2. The Labute approximate surface area is 172 Å². The first kappa shape index (κ1) is 19.4. The molecule has 1 aliphatic heterocycles. The number of benzene rings is 1. The number of hydrogen-bond acceptors (Lipinski definition) is 6. The number of nitrogens with zero attached hydrogens (tertiary/aromatic N) is 2. The van der Waals surface area contributed by atoms with Crippen LogP contribution in [0.2, 0.25) is 0 Å². The molecule has 2 amide bonds. The molecule has 2 aromatic heterocycles. The molecular weight excluding hydrogens is 388 g/mol. The van der Waals surface area contributed by atoms with Gasteiger partial charge in [-0.05, 0) is 43.2 Å². The fourth-order valence-corrected chi connectivity index (χ4v) is 4.50. The van der Waals surface area contributed by atoms with E-state index in [1.54, 1.807) is 6.07 Å². The van der Waals surface area contributed by atoms with Crippen LogP contribution < -0.4 is 10.6 Å². The number of fused-ring (bicyclic) bond motifs is 1. The van der Waals surface area contributed by atoms with Gasteiger partial charge in [-0.1, -0.05) is 6.07 Å². The normalized spacial score (nSPS) is 13.7. The van der Waals surface area contributed by atoms with E-state index in [0.29, 0.717) is 23.8 Å². The fraction of sp³-hybridized carbons (Fsp3) is 0.286. The molecule has 7 nitrogen and oxygen atoms in total. The van der Waals surface area contributed by atoms with Crippen LogP contribution in [0.15, 0.2) is 41.2 Å². The minimum Gasteiger partial charge on any atom is -0.472 e. The van der Waals surface area contributed by atoms with Crippen molar-refractivity contribution in [3.05, 3.63) is 64.1 Å². The number of anilines is 2. The van der Waals surface area contributed by atoms with Crippen molar-refractivity contribution in [3.8, 4) is 0 Å². The van der Waals surface area contributed by atoms with Crippen molar-refractivity contribution in [3.63, 3.8) is 0 Å². The van der Waals surface area contributed by atoms with Crippen LogP contribution in [0.1, 0.15) is 32.1 Å². The SMILES string of the molecule is Cc1cc(C)cc(NC(=O)CN2CCc3nc(NC(=O)c4ccoc4)sc3C2)c1.